The van der Waals surface area contributed by atoms with E-state index in [2.05, 4.69) is 62.0 Å². The molecule has 3 rings (SSSR count). The predicted octanol–water partition coefficient (Wildman–Crippen LogP) is 3.66. The quantitative estimate of drug-likeness (QED) is 0.691. The second-order valence-corrected chi connectivity index (χ2v) is 14.8. The molecular formula is C20H30N4OSn. The van der Waals surface area contributed by atoms with Crippen LogP contribution in [-0.4, -0.2) is 55.2 Å². The Bertz CT molecular complexity index is 730. The minimum atomic E-state index is -0.730. The number of hydrogen-bond acceptors (Lipinski definition) is 4. The second-order valence-electron chi connectivity index (χ2n) is 8.34. The molecule has 0 atom stereocenters. The fourth-order valence-electron chi connectivity index (χ4n) is 3.19. The molecule has 3 heterocycles. The number of nitrogens with zero attached hydrogens (tertiary/aromatic N) is 3. The topological polar surface area (TPSA) is 52.0 Å². The van der Waals surface area contributed by atoms with Crippen LogP contribution in [0.4, 0.5) is 5.69 Å². The van der Waals surface area contributed by atoms with Gasteiger partial charge in [-0.1, -0.05) is 0 Å². The van der Waals surface area contributed by atoms with Gasteiger partial charge in [0.1, 0.15) is 0 Å². The zero-order valence-corrected chi connectivity index (χ0v) is 19.4. The van der Waals surface area contributed by atoms with Crippen molar-refractivity contribution >= 4 is 30.5 Å². The van der Waals surface area contributed by atoms with Crippen LogP contribution >= 0.6 is 0 Å². The molecule has 0 saturated carbocycles. The summed E-state index contributed by atoms with van der Waals surface area (Å²) in [5.74, 6) is 0. The van der Waals surface area contributed by atoms with Crippen LogP contribution in [0, 0.1) is 0 Å². The van der Waals surface area contributed by atoms with Gasteiger partial charge in [0, 0.05) is 0 Å². The second kappa shape index (κ2) is 8.29. The summed E-state index contributed by atoms with van der Waals surface area (Å²) in [6, 6.07) is 3.11. The van der Waals surface area contributed by atoms with Gasteiger partial charge in [0.25, 0.3) is 0 Å². The Balaban J connectivity index is 1.89. The molecule has 26 heavy (non-hydrogen) atoms. The molecule has 0 bridgehead atoms. The van der Waals surface area contributed by atoms with E-state index in [4.69, 9.17) is 9.72 Å². The molecule has 1 N–H and O–H groups in total. The number of hydrogen-bond donors (Lipinski definition) is 1. The molecule has 0 spiro atoms. The first-order valence-corrected chi connectivity index (χ1v) is 12.3. The van der Waals surface area contributed by atoms with Crippen molar-refractivity contribution in [3.05, 3.63) is 24.7 Å². The molecule has 5 nitrogen and oxygen atoms in total. The molecule has 0 aromatic carbocycles. The maximum absolute atomic E-state index is 5.47. The van der Waals surface area contributed by atoms with Crippen molar-refractivity contribution in [3.63, 3.8) is 0 Å². The van der Waals surface area contributed by atoms with E-state index >= 15 is 0 Å². The summed E-state index contributed by atoms with van der Waals surface area (Å²) in [6.07, 6.45) is 8.25. The number of nitrogens with one attached hydrogen (secondary N) is 1. The standard InChI is InChI=1S/C16H21N4O.C4H9.Sn/c1-12(2)19-16-3-6-17-10-15(16)13-9-18-20(11-13)14-4-7-21-8-5-14;1-4(2)3;/h3,9-12,14H,4-5,7-8H2,1-2H3,(H,17,19);1-3H3;. The zero-order chi connectivity index (χ0) is 18.7. The molecule has 140 valence electrons. The Hall–Kier alpha value is -1.08. The van der Waals surface area contributed by atoms with Gasteiger partial charge in [-0.3, -0.25) is 0 Å². The normalized spacial score (nSPS) is 16.2. The summed E-state index contributed by atoms with van der Waals surface area (Å²) in [7, 11) is 0. The fourth-order valence-corrected chi connectivity index (χ4v) is 6.37. The minimum absolute atomic E-state index is 0.384. The Labute approximate surface area is 167 Å². The van der Waals surface area contributed by atoms with Gasteiger partial charge < -0.3 is 0 Å². The average Bonchev–Trinajstić information content (AvgIpc) is 3.03. The van der Waals surface area contributed by atoms with Gasteiger partial charge in [0.2, 0.25) is 0 Å². The van der Waals surface area contributed by atoms with E-state index in [1.54, 1.807) is 0 Å². The Morgan fingerprint density at radius 1 is 1.23 bits per heavy atom. The summed E-state index contributed by atoms with van der Waals surface area (Å²) >= 11 is -0.730. The molecular weight excluding hydrogens is 431 g/mol. The monoisotopic (exact) mass is 462 g/mol. The molecule has 2 aromatic rings. The molecule has 1 saturated heterocycles. The van der Waals surface area contributed by atoms with E-state index < -0.39 is 21.1 Å². The van der Waals surface area contributed by atoms with Crippen molar-refractivity contribution in [2.45, 2.75) is 63.0 Å². The van der Waals surface area contributed by atoms with Crippen molar-refractivity contribution in [2.75, 3.05) is 18.5 Å². The first-order chi connectivity index (χ1) is 12.3. The molecule has 1 fully saturated rings. The van der Waals surface area contributed by atoms with E-state index in [9.17, 15) is 0 Å². The van der Waals surface area contributed by atoms with Crippen LogP contribution in [0.5, 0.6) is 0 Å². The third-order valence-corrected chi connectivity index (χ3v) is 7.98. The van der Waals surface area contributed by atoms with E-state index in [1.165, 1.54) is 9.40 Å². The molecule has 0 amide bonds. The van der Waals surface area contributed by atoms with Gasteiger partial charge in [-0.15, -0.1) is 0 Å². The van der Waals surface area contributed by atoms with Gasteiger partial charge in [0.05, 0.1) is 0 Å². The van der Waals surface area contributed by atoms with Crippen molar-refractivity contribution < 1.29 is 4.74 Å². The van der Waals surface area contributed by atoms with E-state index in [-0.39, 0.29) is 0 Å². The summed E-state index contributed by atoms with van der Waals surface area (Å²) in [5.41, 5.74) is 3.47. The van der Waals surface area contributed by atoms with Gasteiger partial charge >= 0.3 is 167 Å². The molecule has 1 aliphatic heterocycles. The summed E-state index contributed by atoms with van der Waals surface area (Å²) < 4.78 is 9.27. The number of pyridine rings is 1. The van der Waals surface area contributed by atoms with Crippen LogP contribution in [0.2, 0.25) is 3.43 Å². The molecule has 2 aromatic heterocycles. The van der Waals surface area contributed by atoms with E-state index in [1.807, 2.05) is 12.4 Å². The van der Waals surface area contributed by atoms with Crippen LogP contribution < -0.4 is 9.03 Å². The van der Waals surface area contributed by atoms with Gasteiger partial charge in [-0.05, 0) is 0 Å². The molecule has 6 heteroatoms. The molecule has 1 aliphatic rings. The fraction of sp³-hybridized carbons (Fsp3) is 0.600. The summed E-state index contributed by atoms with van der Waals surface area (Å²) in [6.45, 7) is 13.0. The number of aromatic nitrogens is 3. The third kappa shape index (κ3) is 5.22. The zero-order valence-electron chi connectivity index (χ0n) is 16.5. The van der Waals surface area contributed by atoms with Crippen molar-refractivity contribution in [2.24, 2.45) is 0 Å². The van der Waals surface area contributed by atoms with Crippen LogP contribution in [0.25, 0.3) is 11.1 Å². The molecule has 0 unspecified atom stereocenters. The summed E-state index contributed by atoms with van der Waals surface area (Å²) in [4.78, 5) is 4.81. The number of ether oxygens (including phenoxy) is 1. The molecule has 0 aliphatic carbocycles. The van der Waals surface area contributed by atoms with E-state index in [0.717, 1.165) is 37.2 Å². The SMILES string of the molecule is CC(C)Nc1c[c]([Sn][C](C)(C)C)ncc1-c1cnn(C2CCOCC2)c1. The molecule has 2 radical (unpaired) electrons. The van der Waals surface area contributed by atoms with Gasteiger partial charge in [0.15, 0.2) is 0 Å². The van der Waals surface area contributed by atoms with Gasteiger partial charge in [-0.2, -0.15) is 0 Å². The third-order valence-electron chi connectivity index (χ3n) is 4.33. The Kier molecular flexibility index (Phi) is 6.28. The summed E-state index contributed by atoms with van der Waals surface area (Å²) in [5, 5.41) is 8.25. The van der Waals surface area contributed by atoms with Crippen molar-refractivity contribution in [3.8, 4) is 11.1 Å². The maximum atomic E-state index is 5.47. The van der Waals surface area contributed by atoms with Crippen LogP contribution in [-0.2, 0) is 4.74 Å². The Morgan fingerprint density at radius 2 is 1.96 bits per heavy atom. The van der Waals surface area contributed by atoms with Crippen LogP contribution in [0.15, 0.2) is 24.7 Å². The van der Waals surface area contributed by atoms with Crippen LogP contribution in [0.1, 0.15) is 53.5 Å². The van der Waals surface area contributed by atoms with Crippen molar-refractivity contribution in [1.29, 1.82) is 0 Å². The Morgan fingerprint density at radius 3 is 2.62 bits per heavy atom. The van der Waals surface area contributed by atoms with E-state index in [0.29, 0.717) is 15.5 Å². The number of anilines is 1. The van der Waals surface area contributed by atoms with Crippen molar-refractivity contribution in [1.82, 2.24) is 14.8 Å². The first-order valence-electron chi connectivity index (χ1n) is 9.49. The average molecular weight is 461 g/mol. The van der Waals surface area contributed by atoms with Crippen LogP contribution in [0.3, 0.4) is 0 Å². The first kappa shape index (κ1) is 19.7. The van der Waals surface area contributed by atoms with Gasteiger partial charge in [-0.25, -0.2) is 0 Å². The number of rotatable bonds is 5. The predicted molar refractivity (Wildman–Crippen MR) is 108 cm³/mol.